The third-order valence-electron chi connectivity index (χ3n) is 4.35. The highest BCUT2D eigenvalue weighted by atomic mass is 28.4. The van der Waals surface area contributed by atoms with Crippen LogP contribution in [0.1, 0.15) is 46.5 Å². The minimum Gasteiger partial charge on any atom is -0.414 e. The van der Waals surface area contributed by atoms with Gasteiger partial charge in [0.1, 0.15) is 0 Å². The Kier molecular flexibility index (Phi) is 4.61. The van der Waals surface area contributed by atoms with Gasteiger partial charge in [-0.2, -0.15) is 0 Å². The Morgan fingerprint density at radius 1 is 1.06 bits per heavy atom. The van der Waals surface area contributed by atoms with Crippen molar-refractivity contribution in [3.8, 4) is 0 Å². The highest BCUT2D eigenvalue weighted by molar-refractivity contribution is 6.74. The van der Waals surface area contributed by atoms with Gasteiger partial charge in [0.15, 0.2) is 8.32 Å². The van der Waals surface area contributed by atoms with Crippen LogP contribution < -0.4 is 5.32 Å². The SMILES string of the molecule is CNC1CCC(O[Si](C)(C)C(C)(C)C)CC1. The summed E-state index contributed by atoms with van der Waals surface area (Å²) in [7, 11) is 0.524. The van der Waals surface area contributed by atoms with Crippen LogP contribution in [0.5, 0.6) is 0 Å². The molecule has 1 fully saturated rings. The molecule has 0 aromatic rings. The second kappa shape index (κ2) is 5.19. The Morgan fingerprint density at radius 2 is 1.56 bits per heavy atom. The van der Waals surface area contributed by atoms with E-state index in [2.05, 4.69) is 46.2 Å². The quantitative estimate of drug-likeness (QED) is 0.766. The maximum Gasteiger partial charge on any atom is 0.192 e. The molecule has 3 heteroatoms. The van der Waals surface area contributed by atoms with Crippen molar-refractivity contribution in [2.45, 2.75) is 76.7 Å². The molecule has 0 unspecified atom stereocenters. The smallest absolute Gasteiger partial charge is 0.192 e. The molecule has 96 valence electrons. The molecule has 1 saturated carbocycles. The zero-order chi connectivity index (χ0) is 12.4. The van der Waals surface area contributed by atoms with E-state index in [0.717, 1.165) is 6.04 Å². The fraction of sp³-hybridized carbons (Fsp3) is 1.00. The van der Waals surface area contributed by atoms with Gasteiger partial charge >= 0.3 is 0 Å². The first-order chi connectivity index (χ1) is 7.26. The lowest BCUT2D eigenvalue weighted by Gasteiger charge is -2.41. The molecular formula is C13H29NOSi. The highest BCUT2D eigenvalue weighted by Gasteiger charge is 2.39. The van der Waals surface area contributed by atoms with Crippen LogP contribution in [-0.2, 0) is 4.43 Å². The number of hydrogen-bond donors (Lipinski definition) is 1. The van der Waals surface area contributed by atoms with E-state index in [9.17, 15) is 0 Å². The fourth-order valence-electron chi connectivity index (χ4n) is 2.06. The van der Waals surface area contributed by atoms with Crippen molar-refractivity contribution in [3.63, 3.8) is 0 Å². The summed E-state index contributed by atoms with van der Waals surface area (Å²) in [6.07, 6.45) is 5.53. The molecule has 0 spiro atoms. The Morgan fingerprint density at radius 3 is 1.94 bits per heavy atom. The van der Waals surface area contributed by atoms with Crippen LogP contribution in [-0.4, -0.2) is 27.5 Å². The van der Waals surface area contributed by atoms with Crippen molar-refractivity contribution in [3.05, 3.63) is 0 Å². The molecule has 1 N–H and O–H groups in total. The van der Waals surface area contributed by atoms with E-state index < -0.39 is 8.32 Å². The summed E-state index contributed by atoms with van der Waals surface area (Å²) in [5, 5.41) is 3.71. The van der Waals surface area contributed by atoms with E-state index in [1.165, 1.54) is 25.7 Å². The number of nitrogens with one attached hydrogen (secondary N) is 1. The van der Waals surface area contributed by atoms with Gasteiger partial charge < -0.3 is 9.74 Å². The second-order valence-corrected chi connectivity index (χ2v) is 11.4. The van der Waals surface area contributed by atoms with Gasteiger partial charge in [0.05, 0.1) is 0 Å². The molecule has 1 aliphatic carbocycles. The van der Waals surface area contributed by atoms with Crippen molar-refractivity contribution in [2.75, 3.05) is 7.05 Å². The third kappa shape index (κ3) is 3.57. The molecule has 0 aromatic carbocycles. The second-order valence-electron chi connectivity index (χ2n) is 6.64. The Hall–Kier alpha value is 0.137. The van der Waals surface area contributed by atoms with E-state index >= 15 is 0 Å². The van der Waals surface area contributed by atoms with Gasteiger partial charge in [0.25, 0.3) is 0 Å². The zero-order valence-corrected chi connectivity index (χ0v) is 12.9. The van der Waals surface area contributed by atoms with Crippen LogP contribution >= 0.6 is 0 Å². The summed E-state index contributed by atoms with van der Waals surface area (Å²) >= 11 is 0. The Bertz CT molecular complexity index is 214. The molecule has 0 radical (unpaired) electrons. The van der Waals surface area contributed by atoms with Crippen LogP contribution in [0.25, 0.3) is 0 Å². The van der Waals surface area contributed by atoms with E-state index in [4.69, 9.17) is 4.43 Å². The van der Waals surface area contributed by atoms with Gasteiger partial charge in [-0.25, -0.2) is 0 Å². The average Bonchev–Trinajstić information content (AvgIpc) is 2.16. The van der Waals surface area contributed by atoms with E-state index in [1.807, 2.05) is 0 Å². The van der Waals surface area contributed by atoms with Crippen LogP contribution in [0.3, 0.4) is 0 Å². The monoisotopic (exact) mass is 243 g/mol. The first kappa shape index (κ1) is 14.2. The van der Waals surface area contributed by atoms with Crippen molar-refractivity contribution in [2.24, 2.45) is 0 Å². The minimum atomic E-state index is -1.54. The summed E-state index contributed by atoms with van der Waals surface area (Å²) in [6, 6.07) is 0.722. The minimum absolute atomic E-state index is 0.340. The molecular weight excluding hydrogens is 214 g/mol. The van der Waals surface area contributed by atoms with Gasteiger partial charge in [0, 0.05) is 12.1 Å². The zero-order valence-electron chi connectivity index (χ0n) is 11.9. The lowest BCUT2D eigenvalue weighted by atomic mass is 9.93. The molecule has 0 atom stereocenters. The molecule has 16 heavy (non-hydrogen) atoms. The van der Waals surface area contributed by atoms with Crippen molar-refractivity contribution < 1.29 is 4.43 Å². The average molecular weight is 243 g/mol. The van der Waals surface area contributed by atoms with Crippen LogP contribution in [0.2, 0.25) is 18.1 Å². The number of rotatable bonds is 3. The Balaban J connectivity index is 2.45. The molecule has 2 nitrogen and oxygen atoms in total. The van der Waals surface area contributed by atoms with Gasteiger partial charge in [-0.05, 0) is 50.9 Å². The molecule has 0 aliphatic heterocycles. The van der Waals surface area contributed by atoms with Gasteiger partial charge in [-0.3, -0.25) is 0 Å². The topological polar surface area (TPSA) is 21.3 Å². The molecule has 0 heterocycles. The largest absolute Gasteiger partial charge is 0.414 e. The molecule has 1 rings (SSSR count). The standard InChI is InChI=1S/C13H29NOSi/c1-13(2,3)16(5,6)15-12-9-7-11(14-4)8-10-12/h11-12,14H,7-10H2,1-6H3. The summed E-state index contributed by atoms with van der Waals surface area (Å²) < 4.78 is 6.45. The van der Waals surface area contributed by atoms with Gasteiger partial charge in [-0.15, -0.1) is 0 Å². The maximum absolute atomic E-state index is 6.45. The van der Waals surface area contributed by atoms with Crippen molar-refractivity contribution in [1.82, 2.24) is 5.32 Å². The predicted octanol–water partition coefficient (Wildman–Crippen LogP) is 3.54. The Labute approximate surface area is 102 Å². The van der Waals surface area contributed by atoms with Crippen LogP contribution in [0.4, 0.5) is 0 Å². The predicted molar refractivity (Wildman–Crippen MR) is 73.4 cm³/mol. The third-order valence-corrected chi connectivity index (χ3v) is 8.88. The molecule has 0 saturated heterocycles. The summed E-state index contributed by atoms with van der Waals surface area (Å²) in [5.74, 6) is 0. The highest BCUT2D eigenvalue weighted by Crippen LogP contribution is 2.39. The lowest BCUT2D eigenvalue weighted by Crippen LogP contribution is -2.45. The fourth-order valence-corrected chi connectivity index (χ4v) is 3.49. The van der Waals surface area contributed by atoms with Crippen LogP contribution in [0, 0.1) is 0 Å². The number of hydrogen-bond acceptors (Lipinski definition) is 2. The molecule has 1 aliphatic rings. The molecule has 0 aromatic heterocycles. The summed E-state index contributed by atoms with van der Waals surface area (Å²) in [5.41, 5.74) is 0. The summed E-state index contributed by atoms with van der Waals surface area (Å²) in [4.78, 5) is 0. The lowest BCUT2D eigenvalue weighted by molar-refractivity contribution is 0.126. The van der Waals surface area contributed by atoms with E-state index in [-0.39, 0.29) is 0 Å². The van der Waals surface area contributed by atoms with Crippen molar-refractivity contribution >= 4 is 8.32 Å². The summed E-state index contributed by atoms with van der Waals surface area (Å²) in [6.45, 7) is 11.7. The van der Waals surface area contributed by atoms with Crippen LogP contribution in [0.15, 0.2) is 0 Å². The normalized spacial score (nSPS) is 28.1. The van der Waals surface area contributed by atoms with Gasteiger partial charge in [0.2, 0.25) is 0 Å². The van der Waals surface area contributed by atoms with Crippen molar-refractivity contribution in [1.29, 1.82) is 0 Å². The first-order valence-electron chi connectivity index (χ1n) is 6.61. The molecule has 0 amide bonds. The van der Waals surface area contributed by atoms with Gasteiger partial charge in [-0.1, -0.05) is 20.8 Å². The molecule has 0 bridgehead atoms. The van der Waals surface area contributed by atoms with E-state index in [1.54, 1.807) is 0 Å². The first-order valence-corrected chi connectivity index (χ1v) is 9.52. The maximum atomic E-state index is 6.45. The van der Waals surface area contributed by atoms with E-state index in [0.29, 0.717) is 11.1 Å².